The van der Waals surface area contributed by atoms with E-state index in [0.717, 1.165) is 25.4 Å². The number of rotatable bonds is 3. The third kappa shape index (κ3) is 3.25. The highest BCUT2D eigenvalue weighted by atomic mass is 16.4. The van der Waals surface area contributed by atoms with Crippen LogP contribution in [0.15, 0.2) is 34.9 Å². The molecule has 8 nitrogen and oxygen atoms in total. The van der Waals surface area contributed by atoms with Crippen molar-refractivity contribution in [3.8, 4) is 0 Å². The van der Waals surface area contributed by atoms with Gasteiger partial charge in [0.05, 0.1) is 12.1 Å². The van der Waals surface area contributed by atoms with Crippen molar-refractivity contribution in [1.82, 2.24) is 20.1 Å². The molecule has 2 aromatic heterocycles. The van der Waals surface area contributed by atoms with E-state index in [0.29, 0.717) is 43.1 Å². The Labute approximate surface area is 175 Å². The molecule has 1 spiro atoms. The summed E-state index contributed by atoms with van der Waals surface area (Å²) in [6.07, 6.45) is 5.44. The van der Waals surface area contributed by atoms with E-state index in [2.05, 4.69) is 15.2 Å². The van der Waals surface area contributed by atoms with Crippen LogP contribution in [0.1, 0.15) is 52.4 Å². The summed E-state index contributed by atoms with van der Waals surface area (Å²) in [4.78, 5) is 36.2. The van der Waals surface area contributed by atoms with Crippen LogP contribution in [0.3, 0.4) is 0 Å². The maximum Gasteiger partial charge on any atom is 0.289 e. The molecule has 0 unspecified atom stereocenters. The summed E-state index contributed by atoms with van der Waals surface area (Å²) in [7, 11) is 1.96. The Balaban J connectivity index is 1.25. The zero-order valence-corrected chi connectivity index (χ0v) is 17.3. The van der Waals surface area contributed by atoms with E-state index in [1.165, 1.54) is 12.8 Å². The maximum atomic E-state index is 13.0. The molecule has 2 aromatic rings. The molecule has 5 heterocycles. The van der Waals surface area contributed by atoms with Gasteiger partial charge in [-0.05, 0) is 50.2 Å². The molecule has 2 fully saturated rings. The summed E-state index contributed by atoms with van der Waals surface area (Å²) in [6.45, 7) is 4.05. The zero-order chi connectivity index (χ0) is 20.7. The average molecular weight is 409 g/mol. The monoisotopic (exact) mass is 409 g/mol. The molecule has 1 N–H and O–H groups in total. The van der Waals surface area contributed by atoms with Crippen molar-refractivity contribution in [2.75, 3.05) is 38.1 Å². The van der Waals surface area contributed by atoms with E-state index in [1.54, 1.807) is 24.4 Å². The number of fused-ring (bicyclic) bond motifs is 1. The summed E-state index contributed by atoms with van der Waals surface area (Å²) in [5.74, 6) is 1.75. The summed E-state index contributed by atoms with van der Waals surface area (Å²) in [5.41, 5.74) is 0.0736. The van der Waals surface area contributed by atoms with Gasteiger partial charge in [-0.25, -0.2) is 4.98 Å². The highest BCUT2D eigenvalue weighted by Gasteiger charge is 2.45. The van der Waals surface area contributed by atoms with Crippen LogP contribution in [0, 0.1) is 0 Å². The molecule has 8 heteroatoms. The molecule has 2 saturated heterocycles. The number of carbonyl (C=O) groups excluding carboxylic acids is 2. The first-order chi connectivity index (χ1) is 14.6. The number of pyridine rings is 1. The van der Waals surface area contributed by atoms with Crippen molar-refractivity contribution in [2.24, 2.45) is 0 Å². The van der Waals surface area contributed by atoms with E-state index in [9.17, 15) is 9.59 Å². The second-order valence-corrected chi connectivity index (χ2v) is 8.46. The fourth-order valence-electron chi connectivity index (χ4n) is 4.84. The number of carbonyl (C=O) groups is 2. The van der Waals surface area contributed by atoms with Gasteiger partial charge < -0.3 is 19.5 Å². The predicted octanol–water partition coefficient (Wildman–Crippen LogP) is 2.08. The fourth-order valence-corrected chi connectivity index (χ4v) is 4.84. The van der Waals surface area contributed by atoms with Gasteiger partial charge in [0, 0.05) is 39.2 Å². The van der Waals surface area contributed by atoms with Gasteiger partial charge in [0.25, 0.3) is 11.8 Å². The molecule has 30 heavy (non-hydrogen) atoms. The summed E-state index contributed by atoms with van der Waals surface area (Å²) in [6, 6.07) is 7.25. The van der Waals surface area contributed by atoms with E-state index >= 15 is 0 Å². The number of piperidine rings is 1. The van der Waals surface area contributed by atoms with E-state index in [4.69, 9.17) is 4.42 Å². The van der Waals surface area contributed by atoms with Gasteiger partial charge in [0.15, 0.2) is 5.76 Å². The Morgan fingerprint density at radius 1 is 1.17 bits per heavy atom. The van der Waals surface area contributed by atoms with Gasteiger partial charge >= 0.3 is 0 Å². The van der Waals surface area contributed by atoms with Crippen LogP contribution < -0.4 is 10.2 Å². The van der Waals surface area contributed by atoms with E-state index in [-0.39, 0.29) is 11.8 Å². The Morgan fingerprint density at radius 2 is 1.93 bits per heavy atom. The molecule has 0 aliphatic carbocycles. The summed E-state index contributed by atoms with van der Waals surface area (Å²) < 4.78 is 5.86. The Kier molecular flexibility index (Phi) is 4.73. The molecule has 158 valence electrons. The first-order valence-electron chi connectivity index (χ1n) is 10.7. The Morgan fingerprint density at radius 3 is 2.70 bits per heavy atom. The molecular weight excluding hydrogens is 382 g/mol. The lowest BCUT2D eigenvalue weighted by Gasteiger charge is -2.50. The lowest BCUT2D eigenvalue weighted by molar-refractivity contribution is 0.0579. The first-order valence-corrected chi connectivity index (χ1v) is 10.7. The molecular formula is C22H27N5O3. The van der Waals surface area contributed by atoms with Crippen molar-refractivity contribution in [3.63, 3.8) is 0 Å². The van der Waals surface area contributed by atoms with Gasteiger partial charge in [-0.1, -0.05) is 0 Å². The summed E-state index contributed by atoms with van der Waals surface area (Å²) >= 11 is 0. The van der Waals surface area contributed by atoms with Crippen molar-refractivity contribution >= 4 is 17.6 Å². The topological polar surface area (TPSA) is 81.9 Å². The molecule has 0 bridgehead atoms. The minimum absolute atomic E-state index is 0.0826. The number of nitrogens with zero attached hydrogens (tertiary/aromatic N) is 4. The SMILES string of the molecule is CN1c2ncccc2C(=O)NC12CCN(C(=O)c1ccc(CN3CCCC3)o1)CC2. The van der Waals surface area contributed by atoms with Crippen molar-refractivity contribution < 1.29 is 14.0 Å². The molecule has 3 aliphatic rings. The van der Waals surface area contributed by atoms with E-state index < -0.39 is 5.66 Å². The highest BCUT2D eigenvalue weighted by molar-refractivity contribution is 6.01. The number of aromatic nitrogens is 1. The lowest BCUT2D eigenvalue weighted by atomic mass is 9.91. The Hall–Kier alpha value is -2.87. The third-order valence-corrected chi connectivity index (χ3v) is 6.67. The molecule has 5 rings (SSSR count). The highest BCUT2D eigenvalue weighted by Crippen LogP contribution is 2.35. The smallest absolute Gasteiger partial charge is 0.289 e. The van der Waals surface area contributed by atoms with Crippen LogP contribution in [-0.2, 0) is 6.54 Å². The third-order valence-electron chi connectivity index (χ3n) is 6.67. The number of furan rings is 1. The van der Waals surface area contributed by atoms with Gasteiger partial charge in [0.1, 0.15) is 17.2 Å². The quantitative estimate of drug-likeness (QED) is 0.836. The molecule has 0 aromatic carbocycles. The van der Waals surface area contributed by atoms with Gasteiger partial charge in [0.2, 0.25) is 0 Å². The molecule has 3 aliphatic heterocycles. The molecule has 2 amide bonds. The van der Waals surface area contributed by atoms with Crippen LogP contribution in [0.4, 0.5) is 5.82 Å². The number of hydrogen-bond donors (Lipinski definition) is 1. The summed E-state index contributed by atoms with van der Waals surface area (Å²) in [5, 5.41) is 3.16. The van der Waals surface area contributed by atoms with Crippen LogP contribution >= 0.6 is 0 Å². The van der Waals surface area contributed by atoms with Gasteiger partial charge in [-0.2, -0.15) is 0 Å². The van der Waals surface area contributed by atoms with E-state index in [1.807, 2.05) is 22.9 Å². The van der Waals surface area contributed by atoms with Crippen LogP contribution in [0.25, 0.3) is 0 Å². The second kappa shape index (κ2) is 7.43. The minimum Gasteiger partial charge on any atom is -0.455 e. The largest absolute Gasteiger partial charge is 0.455 e. The Bertz CT molecular complexity index is 957. The molecule has 0 radical (unpaired) electrons. The van der Waals surface area contributed by atoms with Crippen LogP contribution in [0.2, 0.25) is 0 Å². The van der Waals surface area contributed by atoms with Crippen LogP contribution in [0.5, 0.6) is 0 Å². The standard InChI is InChI=1S/C22H27N5O3/c1-25-19-17(5-4-10-23-19)20(28)24-22(25)8-13-27(14-9-22)21(29)18-7-6-16(30-18)15-26-11-2-3-12-26/h4-7,10H,2-3,8-9,11-15H2,1H3,(H,24,28). The predicted molar refractivity (Wildman–Crippen MR) is 111 cm³/mol. The van der Waals surface area contributed by atoms with Gasteiger partial charge in [-0.15, -0.1) is 0 Å². The average Bonchev–Trinajstić information content (AvgIpc) is 3.45. The molecule has 0 saturated carbocycles. The van der Waals surface area contributed by atoms with Crippen molar-refractivity contribution in [2.45, 2.75) is 37.9 Å². The number of hydrogen-bond acceptors (Lipinski definition) is 6. The number of likely N-dealkylation sites (tertiary alicyclic amines) is 2. The zero-order valence-electron chi connectivity index (χ0n) is 17.3. The lowest BCUT2D eigenvalue weighted by Crippen LogP contribution is -2.67. The number of anilines is 1. The minimum atomic E-state index is -0.515. The number of nitrogens with one attached hydrogen (secondary N) is 1. The van der Waals surface area contributed by atoms with Crippen molar-refractivity contribution in [3.05, 3.63) is 47.5 Å². The van der Waals surface area contributed by atoms with Crippen LogP contribution in [-0.4, -0.2) is 65.5 Å². The van der Waals surface area contributed by atoms with Gasteiger partial charge in [-0.3, -0.25) is 14.5 Å². The first kappa shape index (κ1) is 19.1. The number of amides is 2. The van der Waals surface area contributed by atoms with Crippen molar-refractivity contribution in [1.29, 1.82) is 0 Å². The normalized spacial score (nSPS) is 21.0. The molecule has 0 atom stereocenters. The second-order valence-electron chi connectivity index (χ2n) is 8.46. The maximum absolute atomic E-state index is 13.0. The fraction of sp³-hybridized carbons (Fsp3) is 0.500.